The molecule has 2 atom stereocenters. The number of rotatable bonds is 2. The van der Waals surface area contributed by atoms with Gasteiger partial charge in [0.05, 0.1) is 19.5 Å². The Morgan fingerprint density at radius 1 is 1.37 bits per heavy atom. The minimum Gasteiger partial charge on any atom is -0.464 e. The monoisotopic (exact) mass is 262 g/mol. The Labute approximate surface area is 112 Å². The third-order valence-corrected chi connectivity index (χ3v) is 3.86. The standard InChI is InChI=1S/C13H18N4O2/c1-19-13(18)11-6-14-7-12(16-11)17-5-4-9-2-3-10(8-17)15-9/h6-7,9-10,15H,2-5,8H2,1H3. The first kappa shape index (κ1) is 12.3. The molecule has 0 saturated carbocycles. The number of carbonyl (C=O) groups is 1. The molecule has 6 nitrogen and oxygen atoms in total. The maximum absolute atomic E-state index is 11.5. The van der Waals surface area contributed by atoms with Gasteiger partial charge in [-0.2, -0.15) is 0 Å². The lowest BCUT2D eigenvalue weighted by Gasteiger charge is -2.25. The minimum atomic E-state index is -0.441. The zero-order valence-electron chi connectivity index (χ0n) is 11.0. The number of nitrogens with one attached hydrogen (secondary N) is 1. The van der Waals surface area contributed by atoms with Gasteiger partial charge in [0.2, 0.25) is 0 Å². The molecule has 0 aromatic carbocycles. The van der Waals surface area contributed by atoms with Crippen LogP contribution in [0.5, 0.6) is 0 Å². The van der Waals surface area contributed by atoms with E-state index in [9.17, 15) is 4.79 Å². The molecule has 3 rings (SSSR count). The molecule has 6 heteroatoms. The highest BCUT2D eigenvalue weighted by atomic mass is 16.5. The minimum absolute atomic E-state index is 0.266. The second-order valence-corrected chi connectivity index (χ2v) is 5.13. The molecule has 1 aromatic heterocycles. The molecule has 2 aliphatic heterocycles. The maximum Gasteiger partial charge on any atom is 0.358 e. The van der Waals surface area contributed by atoms with Crippen LogP contribution >= 0.6 is 0 Å². The molecule has 2 bridgehead atoms. The molecule has 3 heterocycles. The maximum atomic E-state index is 11.5. The Morgan fingerprint density at radius 3 is 3.05 bits per heavy atom. The van der Waals surface area contributed by atoms with E-state index in [1.807, 2.05) is 0 Å². The van der Waals surface area contributed by atoms with Crippen molar-refractivity contribution in [3.63, 3.8) is 0 Å². The molecule has 0 aliphatic carbocycles. The summed E-state index contributed by atoms with van der Waals surface area (Å²) in [7, 11) is 1.35. The average Bonchev–Trinajstić information content (AvgIpc) is 2.77. The van der Waals surface area contributed by atoms with Gasteiger partial charge in [-0.15, -0.1) is 0 Å². The predicted octanol–water partition coefficient (Wildman–Crippen LogP) is 0.594. The lowest BCUT2D eigenvalue weighted by Crippen LogP contribution is -2.36. The predicted molar refractivity (Wildman–Crippen MR) is 70.1 cm³/mol. The summed E-state index contributed by atoms with van der Waals surface area (Å²) in [5.41, 5.74) is 0.266. The molecule has 19 heavy (non-hydrogen) atoms. The summed E-state index contributed by atoms with van der Waals surface area (Å²) < 4.78 is 4.68. The number of carbonyl (C=O) groups excluding carboxylic acids is 1. The zero-order chi connectivity index (χ0) is 13.2. The summed E-state index contributed by atoms with van der Waals surface area (Å²) in [6.45, 7) is 1.88. The van der Waals surface area contributed by atoms with Crippen molar-refractivity contribution in [1.29, 1.82) is 0 Å². The molecule has 0 amide bonds. The third kappa shape index (κ3) is 2.53. The molecule has 2 aliphatic rings. The van der Waals surface area contributed by atoms with Crippen molar-refractivity contribution < 1.29 is 9.53 Å². The molecule has 1 N–H and O–H groups in total. The number of fused-ring (bicyclic) bond motifs is 2. The van der Waals surface area contributed by atoms with Crippen LogP contribution in [0, 0.1) is 0 Å². The Bertz CT molecular complexity index is 479. The summed E-state index contributed by atoms with van der Waals surface area (Å²) in [4.78, 5) is 22.1. The van der Waals surface area contributed by atoms with E-state index in [0.717, 1.165) is 25.3 Å². The normalized spacial score (nSPS) is 26.1. The van der Waals surface area contributed by atoms with Crippen LogP contribution in [-0.2, 0) is 4.74 Å². The highest BCUT2D eigenvalue weighted by Crippen LogP contribution is 2.23. The molecular formula is C13H18N4O2. The largest absolute Gasteiger partial charge is 0.464 e. The van der Waals surface area contributed by atoms with E-state index in [0.29, 0.717) is 12.1 Å². The van der Waals surface area contributed by atoms with Crippen LogP contribution in [0.15, 0.2) is 12.4 Å². The van der Waals surface area contributed by atoms with Gasteiger partial charge in [-0.25, -0.2) is 9.78 Å². The van der Waals surface area contributed by atoms with Gasteiger partial charge in [-0.05, 0) is 19.3 Å². The van der Waals surface area contributed by atoms with Crippen molar-refractivity contribution in [2.75, 3.05) is 25.1 Å². The van der Waals surface area contributed by atoms with E-state index < -0.39 is 5.97 Å². The van der Waals surface area contributed by atoms with Crippen molar-refractivity contribution in [2.45, 2.75) is 31.3 Å². The fraction of sp³-hybridized carbons (Fsp3) is 0.615. The summed E-state index contributed by atoms with van der Waals surface area (Å²) in [6, 6.07) is 1.16. The molecule has 0 radical (unpaired) electrons. The number of esters is 1. The highest BCUT2D eigenvalue weighted by Gasteiger charge is 2.30. The Kier molecular flexibility index (Phi) is 3.33. The van der Waals surface area contributed by atoms with Crippen LogP contribution < -0.4 is 10.2 Å². The summed E-state index contributed by atoms with van der Waals surface area (Å²) in [5.74, 6) is 0.320. The molecule has 2 fully saturated rings. The molecule has 102 valence electrons. The number of hydrogen-bond donors (Lipinski definition) is 1. The van der Waals surface area contributed by atoms with Crippen molar-refractivity contribution >= 4 is 11.8 Å². The fourth-order valence-electron chi connectivity index (χ4n) is 2.86. The molecule has 0 spiro atoms. The van der Waals surface area contributed by atoms with Crippen molar-refractivity contribution in [2.24, 2.45) is 0 Å². The van der Waals surface area contributed by atoms with Gasteiger partial charge in [-0.1, -0.05) is 0 Å². The van der Waals surface area contributed by atoms with Gasteiger partial charge < -0.3 is 15.0 Å². The van der Waals surface area contributed by atoms with Crippen LogP contribution in [0.4, 0.5) is 5.82 Å². The fourth-order valence-corrected chi connectivity index (χ4v) is 2.86. The van der Waals surface area contributed by atoms with E-state index in [1.54, 1.807) is 6.20 Å². The number of hydrogen-bond acceptors (Lipinski definition) is 6. The van der Waals surface area contributed by atoms with E-state index in [-0.39, 0.29) is 5.69 Å². The molecular weight excluding hydrogens is 244 g/mol. The Hall–Kier alpha value is -1.69. The first-order chi connectivity index (χ1) is 9.26. The first-order valence-electron chi connectivity index (χ1n) is 6.67. The zero-order valence-corrected chi connectivity index (χ0v) is 11.0. The van der Waals surface area contributed by atoms with E-state index in [2.05, 4.69) is 24.9 Å². The van der Waals surface area contributed by atoms with Gasteiger partial charge in [0.15, 0.2) is 5.69 Å². The van der Waals surface area contributed by atoms with Crippen molar-refractivity contribution in [3.8, 4) is 0 Å². The van der Waals surface area contributed by atoms with Crippen LogP contribution in [-0.4, -0.2) is 48.2 Å². The number of nitrogens with zero attached hydrogens (tertiary/aromatic N) is 3. The number of aromatic nitrogens is 2. The van der Waals surface area contributed by atoms with Crippen molar-refractivity contribution in [3.05, 3.63) is 18.1 Å². The lowest BCUT2D eigenvalue weighted by molar-refractivity contribution is 0.0593. The summed E-state index contributed by atoms with van der Waals surface area (Å²) in [6.07, 6.45) is 6.75. The van der Waals surface area contributed by atoms with Gasteiger partial charge in [0.25, 0.3) is 0 Å². The number of methoxy groups -OCH3 is 1. The molecule has 2 unspecified atom stereocenters. The average molecular weight is 262 g/mol. The Balaban J connectivity index is 1.79. The van der Waals surface area contributed by atoms with Gasteiger partial charge >= 0.3 is 5.97 Å². The van der Waals surface area contributed by atoms with Crippen LogP contribution in [0.25, 0.3) is 0 Å². The number of anilines is 1. The second kappa shape index (κ2) is 5.13. The Morgan fingerprint density at radius 2 is 2.21 bits per heavy atom. The highest BCUT2D eigenvalue weighted by molar-refractivity contribution is 5.87. The topological polar surface area (TPSA) is 67.3 Å². The lowest BCUT2D eigenvalue weighted by atomic mass is 10.1. The molecule has 2 saturated heterocycles. The smallest absolute Gasteiger partial charge is 0.358 e. The molecule has 1 aromatic rings. The quantitative estimate of drug-likeness (QED) is 0.787. The van der Waals surface area contributed by atoms with E-state index in [4.69, 9.17) is 0 Å². The van der Waals surface area contributed by atoms with Crippen molar-refractivity contribution in [1.82, 2.24) is 15.3 Å². The third-order valence-electron chi connectivity index (χ3n) is 3.86. The second-order valence-electron chi connectivity index (χ2n) is 5.13. The first-order valence-corrected chi connectivity index (χ1v) is 6.67. The SMILES string of the molecule is COC(=O)c1cncc(N2CCC3CCC(C2)N3)n1. The van der Waals surface area contributed by atoms with E-state index >= 15 is 0 Å². The van der Waals surface area contributed by atoms with Crippen LogP contribution in [0.3, 0.4) is 0 Å². The van der Waals surface area contributed by atoms with Gasteiger partial charge in [0, 0.05) is 25.2 Å². The van der Waals surface area contributed by atoms with Gasteiger partial charge in [-0.3, -0.25) is 4.98 Å². The van der Waals surface area contributed by atoms with Crippen LogP contribution in [0.1, 0.15) is 29.8 Å². The summed E-state index contributed by atoms with van der Waals surface area (Å²) in [5, 5.41) is 3.62. The number of ether oxygens (including phenoxy) is 1. The summed E-state index contributed by atoms with van der Waals surface area (Å²) >= 11 is 0. The van der Waals surface area contributed by atoms with Crippen LogP contribution in [0.2, 0.25) is 0 Å². The van der Waals surface area contributed by atoms with E-state index in [1.165, 1.54) is 26.1 Å². The van der Waals surface area contributed by atoms with Gasteiger partial charge in [0.1, 0.15) is 5.82 Å².